The molecule has 0 radical (unpaired) electrons. The number of hydrogen-bond donors (Lipinski definition) is 4. The molecule has 0 aliphatic carbocycles. The van der Waals surface area contributed by atoms with Crippen molar-refractivity contribution in [2.45, 2.75) is 142 Å². The number of amides is 3. The molecule has 6 aromatic rings. The molecule has 436 valence electrons. The van der Waals surface area contributed by atoms with Crippen LogP contribution < -0.4 is 25.6 Å². The van der Waals surface area contributed by atoms with Gasteiger partial charge in [-0.3, -0.25) is 29.2 Å². The average molecular weight is 1140 g/mol. The molecule has 0 saturated carbocycles. The number of carbonyl (C=O) groups is 3. The number of thiazole rings is 1. The van der Waals surface area contributed by atoms with Crippen LogP contribution in [0.1, 0.15) is 115 Å². The summed E-state index contributed by atoms with van der Waals surface area (Å²) in [6, 6.07) is 16.2. The molecule has 3 aromatic heterocycles. The van der Waals surface area contributed by atoms with Gasteiger partial charge in [0.05, 0.1) is 34.1 Å². The van der Waals surface area contributed by atoms with E-state index < -0.39 is 29.0 Å². The maximum Gasteiger partial charge on any atom is 0.319 e. The van der Waals surface area contributed by atoms with Crippen LogP contribution in [0.15, 0.2) is 66.3 Å². The van der Waals surface area contributed by atoms with Gasteiger partial charge in [-0.1, -0.05) is 70.2 Å². The summed E-state index contributed by atoms with van der Waals surface area (Å²) in [6.45, 7) is 17.1. The Labute approximate surface area is 483 Å². The summed E-state index contributed by atoms with van der Waals surface area (Å²) >= 11 is 1.60. The van der Waals surface area contributed by atoms with Gasteiger partial charge in [0.1, 0.15) is 47.1 Å². The standard InChI is InChI=1S/C63H79F2N11O5S/c1-7-41-10-8-11-44-30-47(77)31-48(52(41)44)54-53(64)55-49(33-66-54)58(75-34-45-17-18-46(35-75)69-45)72-61(71-55)81-29-28-73-24-19-40(20-25-73)32-63(65)21-26-74(27-22-63)36-51(78)70-57(62(4,5)6)60(80)76-23-9-12-50(76)59(79)68-38(2)42-13-15-43(16-14-42)56-39(3)67-37-82-56/h8,10-11,13-16,30-31,33,37-38,40,45-46,50,57,69,77H,7,9,12,17-29,32,34-36H2,1-6H3,(H,68,79)(H,70,78). The molecule has 2 bridgehead atoms. The number of benzene rings is 3. The van der Waals surface area contributed by atoms with Crippen molar-refractivity contribution in [2.24, 2.45) is 11.3 Å². The first kappa shape index (κ1) is 57.4. The second-order valence-electron chi connectivity index (χ2n) is 24.9. The number of likely N-dealkylation sites (tertiary alicyclic amines) is 3. The first-order valence-corrected chi connectivity index (χ1v) is 30.6. The number of alkyl halides is 1. The molecule has 5 aliphatic rings. The Morgan fingerprint density at radius 3 is 2.37 bits per heavy atom. The second-order valence-corrected chi connectivity index (χ2v) is 25.7. The summed E-state index contributed by atoms with van der Waals surface area (Å²) in [6.07, 6.45) is 8.60. The highest BCUT2D eigenvalue weighted by Gasteiger charge is 2.43. The van der Waals surface area contributed by atoms with Gasteiger partial charge < -0.3 is 35.6 Å². The summed E-state index contributed by atoms with van der Waals surface area (Å²) in [5.41, 5.74) is 4.67. The predicted molar refractivity (Wildman–Crippen MR) is 317 cm³/mol. The van der Waals surface area contributed by atoms with Crippen LogP contribution in [0.3, 0.4) is 0 Å². The molecule has 0 spiro atoms. The van der Waals surface area contributed by atoms with E-state index in [4.69, 9.17) is 19.7 Å². The molecule has 3 amide bonds. The van der Waals surface area contributed by atoms with Crippen LogP contribution in [0, 0.1) is 24.1 Å². The SMILES string of the molecule is CCc1cccc2cc(O)cc(-c3ncc4c(N5CC6CCC(C5)N6)nc(OCCN5CCC(CC6(F)CCN(CC(=O)NC(C(=O)N7CCCC7C(=O)NC(C)c7ccc(-c8scnc8C)cc7)C(C)(C)C)CC6)CC5)nc4c3F)c12. The number of hydrogen-bond acceptors (Lipinski definition) is 14. The number of piperidine rings is 2. The fourth-order valence-electron chi connectivity index (χ4n) is 13.4. The lowest BCUT2D eigenvalue weighted by molar-refractivity contribution is -0.144. The van der Waals surface area contributed by atoms with Crippen molar-refractivity contribution < 1.29 is 33.0 Å². The van der Waals surface area contributed by atoms with E-state index in [1.807, 2.05) is 87.5 Å². The van der Waals surface area contributed by atoms with Crippen molar-refractivity contribution in [3.63, 3.8) is 0 Å². The minimum atomic E-state index is -1.33. The number of ether oxygens (including phenoxy) is 1. The monoisotopic (exact) mass is 1140 g/mol. The summed E-state index contributed by atoms with van der Waals surface area (Å²) in [5, 5.41) is 22.8. The van der Waals surface area contributed by atoms with Gasteiger partial charge in [0.15, 0.2) is 5.82 Å². The summed E-state index contributed by atoms with van der Waals surface area (Å²) in [5.74, 6) is -0.501. The van der Waals surface area contributed by atoms with E-state index in [2.05, 4.69) is 37.7 Å². The number of phenols is 1. The molecule has 5 unspecified atom stereocenters. The summed E-state index contributed by atoms with van der Waals surface area (Å²) in [7, 11) is 0. The minimum Gasteiger partial charge on any atom is -0.508 e. The van der Waals surface area contributed by atoms with Crippen LogP contribution >= 0.6 is 11.3 Å². The highest BCUT2D eigenvalue weighted by atomic mass is 32.1. The van der Waals surface area contributed by atoms with Crippen LogP contribution in [0.5, 0.6) is 11.8 Å². The lowest BCUT2D eigenvalue weighted by atomic mass is 9.80. The normalized spacial score (nSPS) is 21.5. The maximum absolute atomic E-state index is 17.1. The van der Waals surface area contributed by atoms with Crippen molar-refractivity contribution in [2.75, 3.05) is 70.4 Å². The Hall–Kier alpha value is -6.41. The van der Waals surface area contributed by atoms with Gasteiger partial charge >= 0.3 is 6.01 Å². The number of aromatic hydroxyl groups is 1. The second kappa shape index (κ2) is 24.1. The van der Waals surface area contributed by atoms with E-state index in [0.29, 0.717) is 93.7 Å². The van der Waals surface area contributed by atoms with Gasteiger partial charge in [-0.05, 0) is 142 Å². The van der Waals surface area contributed by atoms with Gasteiger partial charge in [0.25, 0.3) is 0 Å². The average Bonchev–Trinajstić information content (AvgIpc) is 3.90. The van der Waals surface area contributed by atoms with Crippen molar-refractivity contribution in [3.8, 4) is 33.5 Å². The molecule has 3 aromatic carbocycles. The fraction of sp³-hybridized carbons (Fsp3) is 0.540. The predicted octanol–water partition coefficient (Wildman–Crippen LogP) is 9.31. The number of nitrogens with zero attached hydrogens (tertiary/aromatic N) is 8. The number of pyridine rings is 1. The number of halogens is 2. The van der Waals surface area contributed by atoms with Crippen LogP contribution in [0.2, 0.25) is 0 Å². The zero-order valence-electron chi connectivity index (χ0n) is 48.3. The highest BCUT2D eigenvalue weighted by molar-refractivity contribution is 7.13. The van der Waals surface area contributed by atoms with Gasteiger partial charge in [-0.25, -0.2) is 13.8 Å². The largest absolute Gasteiger partial charge is 0.508 e. The lowest BCUT2D eigenvalue weighted by Crippen LogP contribution is -2.59. The Morgan fingerprint density at radius 2 is 1.67 bits per heavy atom. The Morgan fingerprint density at radius 1 is 0.927 bits per heavy atom. The summed E-state index contributed by atoms with van der Waals surface area (Å²) < 4.78 is 40.1. The molecule has 5 fully saturated rings. The quantitative estimate of drug-likeness (QED) is 0.0679. The molecule has 5 saturated heterocycles. The first-order valence-electron chi connectivity index (χ1n) is 29.7. The van der Waals surface area contributed by atoms with Gasteiger partial charge in [0.2, 0.25) is 17.7 Å². The topological polar surface area (TPSA) is 181 Å². The van der Waals surface area contributed by atoms with E-state index in [9.17, 15) is 19.5 Å². The molecule has 82 heavy (non-hydrogen) atoms. The Kier molecular flexibility index (Phi) is 16.8. The molecule has 4 N–H and O–H groups in total. The Bertz CT molecular complexity index is 3290. The van der Waals surface area contributed by atoms with Gasteiger partial charge in [0, 0.05) is 63.1 Å². The van der Waals surface area contributed by atoms with Gasteiger partial charge in [-0.15, -0.1) is 11.3 Å². The maximum atomic E-state index is 17.1. The number of phenolic OH excluding ortho intramolecular Hbond substituents is 1. The van der Waals surface area contributed by atoms with Crippen LogP contribution in [0.25, 0.3) is 43.4 Å². The van der Waals surface area contributed by atoms with Crippen LogP contribution in [-0.2, 0) is 20.8 Å². The van der Waals surface area contributed by atoms with Gasteiger partial charge in [-0.2, -0.15) is 9.97 Å². The number of carbonyl (C=O) groups excluding carboxylic acids is 3. The van der Waals surface area contributed by atoms with E-state index in [0.717, 1.165) is 96.3 Å². The van der Waals surface area contributed by atoms with E-state index in [1.165, 1.54) is 0 Å². The van der Waals surface area contributed by atoms with Crippen molar-refractivity contribution in [3.05, 3.63) is 88.9 Å². The molecular weight excluding hydrogens is 1060 g/mol. The van der Waals surface area contributed by atoms with Crippen LogP contribution in [-0.4, -0.2) is 153 Å². The lowest BCUT2D eigenvalue weighted by Gasteiger charge is -2.40. The number of anilines is 1. The van der Waals surface area contributed by atoms with Crippen molar-refractivity contribution in [1.29, 1.82) is 0 Å². The third-order valence-electron chi connectivity index (χ3n) is 18.0. The summed E-state index contributed by atoms with van der Waals surface area (Å²) in [4.78, 5) is 69.8. The number of fused-ring (bicyclic) bond motifs is 4. The third kappa shape index (κ3) is 12.4. The number of nitrogens with one attached hydrogen (secondary N) is 3. The highest BCUT2D eigenvalue weighted by Crippen LogP contribution is 2.41. The van der Waals surface area contributed by atoms with E-state index in [-0.39, 0.29) is 59.2 Å². The third-order valence-corrected chi connectivity index (χ3v) is 19.0. The molecule has 5 atom stereocenters. The molecule has 16 nitrogen and oxygen atoms in total. The molecule has 19 heteroatoms. The zero-order valence-corrected chi connectivity index (χ0v) is 49.1. The fourth-order valence-corrected chi connectivity index (χ4v) is 14.2. The van der Waals surface area contributed by atoms with Crippen molar-refractivity contribution in [1.82, 2.24) is 50.6 Å². The minimum absolute atomic E-state index is 0.0281. The van der Waals surface area contributed by atoms with Crippen molar-refractivity contribution >= 4 is 56.6 Å². The molecular formula is C63H79F2N11O5S. The molecule has 8 heterocycles. The van der Waals surface area contributed by atoms with E-state index >= 15 is 8.78 Å². The number of rotatable bonds is 17. The molecule has 11 rings (SSSR count). The zero-order chi connectivity index (χ0) is 57.5. The van der Waals surface area contributed by atoms with Crippen LogP contribution in [0.4, 0.5) is 14.6 Å². The van der Waals surface area contributed by atoms with E-state index in [1.54, 1.807) is 34.6 Å². The molecule has 5 aliphatic heterocycles. The number of aromatic nitrogens is 4. The smallest absolute Gasteiger partial charge is 0.319 e. The Balaban J connectivity index is 0.658. The number of piperazine rings is 1. The number of aryl methyl sites for hydroxylation is 2. The first-order chi connectivity index (χ1) is 39.4.